The van der Waals surface area contributed by atoms with Gasteiger partial charge in [0.05, 0.1) is 0 Å². The van der Waals surface area contributed by atoms with Crippen LogP contribution in [0.3, 0.4) is 0 Å². The first kappa shape index (κ1) is 18.4. The van der Waals surface area contributed by atoms with Gasteiger partial charge in [0.25, 0.3) is 0 Å². The van der Waals surface area contributed by atoms with Crippen molar-refractivity contribution < 1.29 is 4.79 Å². The summed E-state index contributed by atoms with van der Waals surface area (Å²) >= 11 is 0. The number of carbonyl (C=O) groups is 1. The van der Waals surface area contributed by atoms with Crippen molar-refractivity contribution in [3.63, 3.8) is 0 Å². The van der Waals surface area contributed by atoms with E-state index in [1.807, 2.05) is 0 Å². The molecule has 2 unspecified atom stereocenters. The predicted molar refractivity (Wildman–Crippen MR) is 83.0 cm³/mol. The number of carbonyl (C=O) groups excluding carboxylic acids is 1. The van der Waals surface area contributed by atoms with Crippen molar-refractivity contribution in [2.45, 2.75) is 78.7 Å². The fourth-order valence-electron chi connectivity index (χ4n) is 2.46. The highest BCUT2D eigenvalue weighted by Crippen LogP contribution is 2.20. The Morgan fingerprint density at radius 3 is 2.32 bits per heavy atom. The average Bonchev–Trinajstić information content (AvgIpc) is 2.34. The molecule has 0 aliphatic heterocycles. The smallest absolute Gasteiger partial charge is 0.220 e. The van der Waals surface area contributed by atoms with Gasteiger partial charge in [0.15, 0.2) is 0 Å². The summed E-state index contributed by atoms with van der Waals surface area (Å²) in [7, 11) is 0. The first-order valence-corrected chi connectivity index (χ1v) is 8.00. The van der Waals surface area contributed by atoms with E-state index in [9.17, 15) is 4.79 Å². The van der Waals surface area contributed by atoms with Gasteiger partial charge in [0, 0.05) is 12.5 Å². The summed E-state index contributed by atoms with van der Waals surface area (Å²) in [5.74, 6) is 1.39. The third-order valence-corrected chi connectivity index (χ3v) is 3.87. The highest BCUT2D eigenvalue weighted by Gasteiger charge is 2.15. The van der Waals surface area contributed by atoms with E-state index in [-0.39, 0.29) is 5.91 Å². The summed E-state index contributed by atoms with van der Waals surface area (Å²) in [6, 6.07) is 0.311. The molecule has 0 aromatic rings. The number of nitrogens with one attached hydrogen (secondary N) is 1. The van der Waals surface area contributed by atoms with Gasteiger partial charge in [-0.05, 0) is 44.6 Å². The zero-order chi connectivity index (χ0) is 14.7. The maximum Gasteiger partial charge on any atom is 0.220 e. The Kier molecular flexibility index (Phi) is 10.9. The van der Waals surface area contributed by atoms with Crippen LogP contribution >= 0.6 is 0 Å². The van der Waals surface area contributed by atoms with Gasteiger partial charge in [-0.3, -0.25) is 4.79 Å². The Balaban J connectivity index is 3.83. The number of nitrogens with two attached hydrogens (primary N) is 1. The lowest BCUT2D eigenvalue weighted by molar-refractivity contribution is -0.122. The molecule has 0 saturated carbocycles. The van der Waals surface area contributed by atoms with Crippen LogP contribution in [0, 0.1) is 11.8 Å². The van der Waals surface area contributed by atoms with E-state index in [0.29, 0.717) is 24.3 Å². The van der Waals surface area contributed by atoms with Gasteiger partial charge in [-0.1, -0.05) is 40.0 Å². The van der Waals surface area contributed by atoms with Crippen LogP contribution < -0.4 is 11.1 Å². The second kappa shape index (κ2) is 11.3. The van der Waals surface area contributed by atoms with Gasteiger partial charge >= 0.3 is 0 Å². The van der Waals surface area contributed by atoms with Crippen LogP contribution in [-0.4, -0.2) is 18.5 Å². The molecule has 0 radical (unpaired) electrons. The lowest BCUT2D eigenvalue weighted by Crippen LogP contribution is -2.32. The van der Waals surface area contributed by atoms with Gasteiger partial charge < -0.3 is 11.1 Å². The molecule has 0 aromatic carbocycles. The summed E-state index contributed by atoms with van der Waals surface area (Å²) in [6.45, 7) is 9.45. The van der Waals surface area contributed by atoms with Crippen LogP contribution in [0.2, 0.25) is 0 Å². The van der Waals surface area contributed by atoms with Crippen LogP contribution in [0.5, 0.6) is 0 Å². The first-order chi connectivity index (χ1) is 9.01. The van der Waals surface area contributed by atoms with Crippen LogP contribution in [-0.2, 0) is 4.79 Å². The molecular weight excluding hydrogens is 236 g/mol. The minimum atomic E-state index is 0.201. The Morgan fingerprint density at radius 1 is 1.11 bits per heavy atom. The second-order valence-electron chi connectivity index (χ2n) is 6.08. The van der Waals surface area contributed by atoms with Gasteiger partial charge in [0.1, 0.15) is 0 Å². The maximum absolute atomic E-state index is 11.9. The van der Waals surface area contributed by atoms with Crippen LogP contribution in [0.4, 0.5) is 0 Å². The third kappa shape index (κ3) is 9.94. The van der Waals surface area contributed by atoms with E-state index in [4.69, 9.17) is 5.73 Å². The molecule has 1 amide bonds. The summed E-state index contributed by atoms with van der Waals surface area (Å²) in [4.78, 5) is 11.9. The summed E-state index contributed by atoms with van der Waals surface area (Å²) in [5, 5.41) is 3.10. The van der Waals surface area contributed by atoms with E-state index in [0.717, 1.165) is 25.8 Å². The molecule has 0 aliphatic carbocycles. The minimum Gasteiger partial charge on any atom is -0.354 e. The highest BCUT2D eigenvalue weighted by atomic mass is 16.1. The molecule has 0 saturated heterocycles. The topological polar surface area (TPSA) is 55.1 Å². The number of hydrogen-bond acceptors (Lipinski definition) is 2. The highest BCUT2D eigenvalue weighted by molar-refractivity contribution is 5.76. The Bertz CT molecular complexity index is 229. The molecule has 0 heterocycles. The maximum atomic E-state index is 11.9. The number of hydrogen-bond donors (Lipinski definition) is 2. The van der Waals surface area contributed by atoms with Crippen LogP contribution in [0.25, 0.3) is 0 Å². The molecule has 0 aliphatic rings. The Morgan fingerprint density at radius 2 is 1.79 bits per heavy atom. The quantitative estimate of drug-likeness (QED) is 0.565. The molecule has 114 valence electrons. The number of amides is 1. The number of unbranched alkanes of at least 4 members (excludes halogenated alkanes) is 2. The summed E-state index contributed by atoms with van der Waals surface area (Å²) < 4.78 is 0. The van der Waals surface area contributed by atoms with Crippen LogP contribution in [0.15, 0.2) is 0 Å². The zero-order valence-electron chi connectivity index (χ0n) is 13.4. The van der Waals surface area contributed by atoms with Gasteiger partial charge in [-0.25, -0.2) is 0 Å². The molecule has 0 fully saturated rings. The Labute approximate surface area is 119 Å². The monoisotopic (exact) mass is 270 g/mol. The SMILES string of the molecule is CCCCCC(C)NC(=O)CCC(CCN)C(C)C. The molecule has 19 heavy (non-hydrogen) atoms. The van der Waals surface area contributed by atoms with Crippen molar-refractivity contribution in [1.82, 2.24) is 5.32 Å². The van der Waals surface area contributed by atoms with Gasteiger partial charge in [-0.15, -0.1) is 0 Å². The fraction of sp³-hybridized carbons (Fsp3) is 0.938. The molecular formula is C16H34N2O. The lowest BCUT2D eigenvalue weighted by Gasteiger charge is -2.20. The summed E-state index contributed by atoms with van der Waals surface area (Å²) in [5.41, 5.74) is 5.62. The predicted octanol–water partition coefficient (Wildman–Crippen LogP) is 3.47. The van der Waals surface area contributed by atoms with Crippen molar-refractivity contribution in [1.29, 1.82) is 0 Å². The minimum absolute atomic E-state index is 0.201. The molecule has 2 atom stereocenters. The fourth-order valence-corrected chi connectivity index (χ4v) is 2.46. The molecule has 3 nitrogen and oxygen atoms in total. The largest absolute Gasteiger partial charge is 0.354 e. The summed E-state index contributed by atoms with van der Waals surface area (Å²) in [6.07, 6.45) is 7.41. The van der Waals surface area contributed by atoms with Crippen molar-refractivity contribution >= 4 is 5.91 Å². The normalized spacial score (nSPS) is 14.4. The van der Waals surface area contributed by atoms with E-state index >= 15 is 0 Å². The van der Waals surface area contributed by atoms with Crippen molar-refractivity contribution in [2.75, 3.05) is 6.54 Å². The van der Waals surface area contributed by atoms with Gasteiger partial charge in [0.2, 0.25) is 5.91 Å². The molecule has 0 bridgehead atoms. The molecule has 0 rings (SSSR count). The third-order valence-electron chi connectivity index (χ3n) is 3.87. The van der Waals surface area contributed by atoms with Gasteiger partial charge in [-0.2, -0.15) is 0 Å². The van der Waals surface area contributed by atoms with Crippen LogP contribution in [0.1, 0.15) is 72.6 Å². The molecule has 3 heteroatoms. The standard InChI is InChI=1S/C16H34N2O/c1-5-6-7-8-14(4)18-16(19)10-9-15(11-12-17)13(2)3/h13-15H,5-12,17H2,1-4H3,(H,18,19). The Hall–Kier alpha value is -0.570. The molecule has 3 N–H and O–H groups in total. The van der Waals surface area contributed by atoms with E-state index < -0.39 is 0 Å². The molecule has 0 aromatic heterocycles. The zero-order valence-corrected chi connectivity index (χ0v) is 13.4. The first-order valence-electron chi connectivity index (χ1n) is 8.00. The van der Waals surface area contributed by atoms with Crippen molar-refractivity contribution in [2.24, 2.45) is 17.6 Å². The van der Waals surface area contributed by atoms with Crippen molar-refractivity contribution in [3.05, 3.63) is 0 Å². The molecule has 0 spiro atoms. The lowest BCUT2D eigenvalue weighted by atomic mass is 9.88. The second-order valence-corrected chi connectivity index (χ2v) is 6.08. The van der Waals surface area contributed by atoms with Crippen molar-refractivity contribution in [3.8, 4) is 0 Å². The average molecular weight is 270 g/mol. The number of rotatable bonds is 11. The van der Waals surface area contributed by atoms with E-state index in [1.54, 1.807) is 0 Å². The van der Waals surface area contributed by atoms with E-state index in [1.165, 1.54) is 19.3 Å². The van der Waals surface area contributed by atoms with E-state index in [2.05, 4.69) is 33.0 Å².